The first-order valence-corrected chi connectivity index (χ1v) is 9.07. The number of esters is 1. The van der Waals surface area contributed by atoms with Crippen LogP contribution in [0.4, 0.5) is 0 Å². The molecule has 0 radical (unpaired) electrons. The zero-order chi connectivity index (χ0) is 19.1. The van der Waals surface area contributed by atoms with E-state index < -0.39 is 5.97 Å². The van der Waals surface area contributed by atoms with Crippen molar-refractivity contribution in [3.8, 4) is 17.6 Å². The van der Waals surface area contributed by atoms with Crippen molar-refractivity contribution in [3.05, 3.63) is 65.0 Å². The molecule has 0 saturated carbocycles. The van der Waals surface area contributed by atoms with E-state index in [0.29, 0.717) is 11.5 Å². The molecule has 0 bridgehead atoms. The molecule has 0 saturated heterocycles. The zero-order valence-corrected chi connectivity index (χ0v) is 15.5. The molecule has 0 aliphatic rings. The quantitative estimate of drug-likeness (QED) is 0.444. The second-order valence-corrected chi connectivity index (χ2v) is 6.47. The van der Waals surface area contributed by atoms with Crippen LogP contribution in [0.3, 0.4) is 0 Å². The number of thiophene rings is 1. The van der Waals surface area contributed by atoms with Crippen LogP contribution in [-0.2, 0) is 16.1 Å². The molecule has 0 amide bonds. The van der Waals surface area contributed by atoms with E-state index in [1.54, 1.807) is 35.6 Å². The van der Waals surface area contributed by atoms with Gasteiger partial charge in [0.1, 0.15) is 12.7 Å². The van der Waals surface area contributed by atoms with Gasteiger partial charge in [-0.05, 0) is 40.6 Å². The Bertz CT molecular complexity index is 1020. The molecular formula is C21H17NO4S. The van der Waals surface area contributed by atoms with Crippen molar-refractivity contribution >= 4 is 33.5 Å². The van der Waals surface area contributed by atoms with Gasteiger partial charge in [0.25, 0.3) is 0 Å². The van der Waals surface area contributed by atoms with E-state index >= 15 is 0 Å². The maximum atomic E-state index is 12.0. The van der Waals surface area contributed by atoms with E-state index in [-0.39, 0.29) is 13.2 Å². The fourth-order valence-corrected chi connectivity index (χ4v) is 3.47. The summed E-state index contributed by atoms with van der Waals surface area (Å²) in [6, 6.07) is 15.1. The van der Waals surface area contributed by atoms with E-state index in [4.69, 9.17) is 19.5 Å². The Morgan fingerprint density at radius 3 is 2.89 bits per heavy atom. The third-order valence-corrected chi connectivity index (χ3v) is 4.84. The van der Waals surface area contributed by atoms with Gasteiger partial charge in [-0.25, -0.2) is 4.79 Å². The first-order valence-electron chi connectivity index (χ1n) is 8.19. The van der Waals surface area contributed by atoms with Crippen LogP contribution in [0.25, 0.3) is 16.2 Å². The van der Waals surface area contributed by atoms with Crippen LogP contribution in [0, 0.1) is 11.3 Å². The number of hydrogen-bond donors (Lipinski definition) is 0. The van der Waals surface area contributed by atoms with Gasteiger partial charge >= 0.3 is 5.97 Å². The molecule has 27 heavy (non-hydrogen) atoms. The summed E-state index contributed by atoms with van der Waals surface area (Å²) in [5.41, 5.74) is 1.76. The normalized spacial score (nSPS) is 10.7. The van der Waals surface area contributed by atoms with Crippen molar-refractivity contribution in [1.82, 2.24) is 0 Å². The summed E-state index contributed by atoms with van der Waals surface area (Å²) in [5, 5.41) is 11.7. The molecular weight excluding hydrogens is 362 g/mol. The van der Waals surface area contributed by atoms with Crippen LogP contribution < -0.4 is 9.47 Å². The Morgan fingerprint density at radius 1 is 1.22 bits per heavy atom. The van der Waals surface area contributed by atoms with Gasteiger partial charge in [0.2, 0.25) is 0 Å². The lowest BCUT2D eigenvalue weighted by Gasteiger charge is -2.08. The summed E-state index contributed by atoms with van der Waals surface area (Å²) in [4.78, 5) is 12.0. The first kappa shape index (κ1) is 18.5. The highest BCUT2D eigenvalue weighted by atomic mass is 32.1. The van der Waals surface area contributed by atoms with Crippen LogP contribution >= 0.6 is 11.3 Å². The molecule has 0 aliphatic heterocycles. The van der Waals surface area contributed by atoms with Crippen LogP contribution in [0.1, 0.15) is 11.1 Å². The van der Waals surface area contributed by atoms with Gasteiger partial charge in [0, 0.05) is 16.3 Å². The van der Waals surface area contributed by atoms with Gasteiger partial charge < -0.3 is 14.2 Å². The number of hydrogen-bond acceptors (Lipinski definition) is 6. The number of rotatable bonds is 7. The lowest BCUT2D eigenvalue weighted by Crippen LogP contribution is -2.00. The molecule has 0 spiro atoms. The highest BCUT2D eigenvalue weighted by Crippen LogP contribution is 2.29. The van der Waals surface area contributed by atoms with E-state index in [1.165, 1.54) is 17.9 Å². The van der Waals surface area contributed by atoms with Gasteiger partial charge in [0.05, 0.1) is 7.11 Å². The van der Waals surface area contributed by atoms with Gasteiger partial charge in [-0.1, -0.05) is 24.3 Å². The number of fused-ring (bicyclic) bond motifs is 1. The molecule has 136 valence electrons. The van der Waals surface area contributed by atoms with E-state index in [9.17, 15) is 4.79 Å². The highest BCUT2D eigenvalue weighted by Gasteiger charge is 2.07. The molecule has 0 fully saturated rings. The highest BCUT2D eigenvalue weighted by molar-refractivity contribution is 7.17. The van der Waals surface area contributed by atoms with Crippen LogP contribution in [0.15, 0.2) is 53.9 Å². The average Bonchev–Trinajstić information content (AvgIpc) is 3.12. The molecule has 0 N–H and O–H groups in total. The second kappa shape index (κ2) is 8.88. The van der Waals surface area contributed by atoms with Crippen molar-refractivity contribution in [1.29, 1.82) is 5.26 Å². The largest absolute Gasteiger partial charge is 0.493 e. The maximum Gasteiger partial charge on any atom is 0.331 e. The zero-order valence-electron chi connectivity index (χ0n) is 14.7. The average molecular weight is 379 g/mol. The topological polar surface area (TPSA) is 68.6 Å². The number of methoxy groups -OCH3 is 1. The van der Waals surface area contributed by atoms with E-state index in [0.717, 1.165) is 16.5 Å². The molecule has 0 aliphatic carbocycles. The molecule has 3 aromatic rings. The fraction of sp³-hybridized carbons (Fsp3) is 0.143. The Hall–Kier alpha value is -3.30. The lowest BCUT2D eigenvalue weighted by atomic mass is 10.2. The van der Waals surface area contributed by atoms with Crippen molar-refractivity contribution in [3.63, 3.8) is 0 Å². The third kappa shape index (κ3) is 4.66. The van der Waals surface area contributed by atoms with Crippen molar-refractivity contribution < 1.29 is 19.0 Å². The molecule has 0 atom stereocenters. The van der Waals surface area contributed by atoms with Crippen molar-refractivity contribution in [2.45, 2.75) is 6.61 Å². The minimum atomic E-state index is -0.422. The number of carbonyl (C=O) groups excluding carboxylic acids is 1. The maximum absolute atomic E-state index is 12.0. The first-order chi connectivity index (χ1) is 13.2. The number of carbonyl (C=O) groups is 1. The summed E-state index contributed by atoms with van der Waals surface area (Å²) in [6.45, 7) is 0.173. The number of benzene rings is 2. The fourth-order valence-electron chi connectivity index (χ4n) is 2.52. The number of ether oxygens (including phenoxy) is 3. The Morgan fingerprint density at radius 2 is 2.07 bits per heavy atom. The molecule has 0 unspecified atom stereocenters. The van der Waals surface area contributed by atoms with Crippen molar-refractivity contribution in [2.75, 3.05) is 13.7 Å². The lowest BCUT2D eigenvalue weighted by molar-refractivity contribution is -0.138. The Balaban J connectivity index is 1.62. The molecule has 5 nitrogen and oxygen atoms in total. The monoisotopic (exact) mass is 379 g/mol. The summed E-state index contributed by atoms with van der Waals surface area (Å²) < 4.78 is 17.0. The smallest absolute Gasteiger partial charge is 0.331 e. The molecule has 1 aromatic heterocycles. The van der Waals surface area contributed by atoms with Crippen LogP contribution in [0.5, 0.6) is 11.5 Å². The summed E-state index contributed by atoms with van der Waals surface area (Å²) in [5.74, 6) is 0.544. The molecule has 6 heteroatoms. The summed E-state index contributed by atoms with van der Waals surface area (Å²) in [7, 11) is 1.52. The molecule has 3 rings (SSSR count). The molecule has 2 aromatic carbocycles. The van der Waals surface area contributed by atoms with Gasteiger partial charge in [-0.2, -0.15) is 5.26 Å². The minimum absolute atomic E-state index is 0.0604. The number of nitriles is 1. The van der Waals surface area contributed by atoms with Crippen molar-refractivity contribution in [2.24, 2.45) is 0 Å². The van der Waals surface area contributed by atoms with Gasteiger partial charge in [-0.3, -0.25) is 0 Å². The predicted molar refractivity (Wildman–Crippen MR) is 105 cm³/mol. The summed E-state index contributed by atoms with van der Waals surface area (Å²) in [6.07, 6.45) is 3.02. The van der Waals surface area contributed by atoms with Crippen LogP contribution in [-0.4, -0.2) is 19.7 Å². The SMILES string of the molecule is COc1cc(/C=C/C(=O)OCc2csc3ccccc23)ccc1OCC#N. The standard InChI is InChI=1S/C21H17NO4S/c1-24-19-12-15(6-8-18(19)25-11-10-22)7-9-21(23)26-13-16-14-27-20-5-3-2-4-17(16)20/h2-9,12,14H,11,13H2,1H3/b9-7+. The number of nitrogens with zero attached hydrogens (tertiary/aromatic N) is 1. The second-order valence-electron chi connectivity index (χ2n) is 5.56. The van der Waals surface area contributed by atoms with E-state index in [2.05, 4.69) is 0 Å². The summed E-state index contributed by atoms with van der Waals surface area (Å²) >= 11 is 1.63. The van der Waals surface area contributed by atoms with E-state index in [1.807, 2.05) is 35.7 Å². The third-order valence-electron chi connectivity index (χ3n) is 3.82. The van der Waals surface area contributed by atoms with Gasteiger partial charge in [0.15, 0.2) is 18.1 Å². The van der Waals surface area contributed by atoms with Crippen LogP contribution in [0.2, 0.25) is 0 Å². The van der Waals surface area contributed by atoms with Gasteiger partial charge in [-0.15, -0.1) is 11.3 Å². The Labute approximate surface area is 161 Å². The Kier molecular flexibility index (Phi) is 6.08. The predicted octanol–water partition coefficient (Wildman–Crippen LogP) is 4.57. The minimum Gasteiger partial charge on any atom is -0.493 e. The molecule has 1 heterocycles.